The maximum absolute atomic E-state index is 13.1. The Labute approximate surface area is 305 Å². The van der Waals surface area contributed by atoms with E-state index in [4.69, 9.17) is 37.9 Å². The zero-order valence-electron chi connectivity index (χ0n) is 30.3. The monoisotopic (exact) mass is 737 g/mol. The first kappa shape index (κ1) is 42.9. The number of nitrogens with one attached hydrogen (secondary N) is 2. The molecule has 16 heteroatoms. The van der Waals surface area contributed by atoms with E-state index in [-0.39, 0.29) is 36.5 Å². The van der Waals surface area contributed by atoms with Gasteiger partial charge in [-0.3, -0.25) is 34.2 Å². The van der Waals surface area contributed by atoms with Crippen LogP contribution in [0.25, 0.3) is 0 Å². The average Bonchev–Trinajstić information content (AvgIpc) is 3.39. The van der Waals surface area contributed by atoms with Gasteiger partial charge in [0.2, 0.25) is 11.8 Å². The zero-order valence-corrected chi connectivity index (χ0v) is 30.3. The first-order valence-electron chi connectivity index (χ1n) is 18.2. The highest BCUT2D eigenvalue weighted by atomic mass is 16.6. The molecule has 3 rings (SSSR count). The molecule has 16 nitrogen and oxygen atoms in total. The van der Waals surface area contributed by atoms with Crippen molar-refractivity contribution in [3.05, 3.63) is 29.3 Å². The summed E-state index contributed by atoms with van der Waals surface area (Å²) in [6.07, 6.45) is 4.86. The summed E-state index contributed by atoms with van der Waals surface area (Å²) < 4.78 is 43.5. The van der Waals surface area contributed by atoms with Crippen LogP contribution in [0.2, 0.25) is 0 Å². The number of piperidine rings is 1. The summed E-state index contributed by atoms with van der Waals surface area (Å²) in [5.74, 6) is -2.34. The van der Waals surface area contributed by atoms with Crippen molar-refractivity contribution in [3.8, 4) is 0 Å². The van der Waals surface area contributed by atoms with E-state index >= 15 is 0 Å². The molecule has 1 aromatic carbocycles. The molecule has 1 aromatic rings. The van der Waals surface area contributed by atoms with E-state index in [0.29, 0.717) is 111 Å². The molecule has 1 unspecified atom stereocenters. The summed E-state index contributed by atoms with van der Waals surface area (Å²) in [6.45, 7) is 8.66. The van der Waals surface area contributed by atoms with Crippen LogP contribution in [0.15, 0.2) is 18.2 Å². The molecule has 0 saturated carbocycles. The lowest BCUT2D eigenvalue weighted by atomic mass is 10.0. The van der Waals surface area contributed by atoms with Gasteiger partial charge < -0.3 is 43.2 Å². The van der Waals surface area contributed by atoms with Gasteiger partial charge >= 0.3 is 5.97 Å². The molecule has 4 amide bonds. The van der Waals surface area contributed by atoms with Crippen molar-refractivity contribution in [2.24, 2.45) is 0 Å². The lowest BCUT2D eigenvalue weighted by Crippen LogP contribution is -2.54. The molecular weight excluding hydrogens is 682 g/mol. The number of hydrogen-bond donors (Lipinski definition) is 2. The topological polar surface area (TPSA) is 186 Å². The summed E-state index contributed by atoms with van der Waals surface area (Å²) >= 11 is 0. The van der Waals surface area contributed by atoms with E-state index in [2.05, 4.69) is 17.6 Å². The van der Waals surface area contributed by atoms with Crippen LogP contribution in [0.5, 0.6) is 0 Å². The molecule has 1 fully saturated rings. The van der Waals surface area contributed by atoms with Gasteiger partial charge in [-0.25, -0.2) is 0 Å². The number of fused-ring (bicyclic) bond motifs is 1. The minimum absolute atomic E-state index is 0.0650. The molecule has 2 aliphatic heterocycles. The normalized spacial score (nSPS) is 15.6. The molecule has 0 aliphatic carbocycles. The van der Waals surface area contributed by atoms with Crippen molar-refractivity contribution in [2.45, 2.75) is 57.9 Å². The number of carbonyl (C=O) groups excluding carboxylic acids is 5. The van der Waals surface area contributed by atoms with Gasteiger partial charge in [0.15, 0.2) is 0 Å². The third kappa shape index (κ3) is 16.0. The fraction of sp³-hybridized carbons (Fsp3) is 0.694. The lowest BCUT2D eigenvalue weighted by Gasteiger charge is -2.27. The van der Waals surface area contributed by atoms with Crippen LogP contribution >= 0.6 is 0 Å². The Balaban J connectivity index is 1.05. The van der Waals surface area contributed by atoms with Gasteiger partial charge in [0, 0.05) is 25.1 Å². The maximum atomic E-state index is 13.1. The third-order valence-corrected chi connectivity index (χ3v) is 7.99. The van der Waals surface area contributed by atoms with E-state index in [1.807, 2.05) is 0 Å². The van der Waals surface area contributed by atoms with Gasteiger partial charge in [-0.1, -0.05) is 32.3 Å². The van der Waals surface area contributed by atoms with Crippen molar-refractivity contribution >= 4 is 35.3 Å². The fourth-order valence-corrected chi connectivity index (χ4v) is 5.32. The van der Waals surface area contributed by atoms with Gasteiger partial charge in [-0.2, -0.15) is 0 Å². The van der Waals surface area contributed by atoms with Crippen molar-refractivity contribution in [3.63, 3.8) is 0 Å². The first-order chi connectivity index (χ1) is 25.4. The van der Waals surface area contributed by atoms with Crippen molar-refractivity contribution in [1.82, 2.24) is 10.2 Å². The molecule has 1 atom stereocenters. The highest BCUT2D eigenvalue weighted by molar-refractivity contribution is 6.25. The number of carbonyl (C=O) groups is 5. The van der Waals surface area contributed by atoms with Crippen LogP contribution in [0, 0.1) is 0 Å². The van der Waals surface area contributed by atoms with E-state index in [0.717, 1.165) is 30.6 Å². The number of amides is 4. The van der Waals surface area contributed by atoms with E-state index in [1.54, 1.807) is 18.2 Å². The van der Waals surface area contributed by atoms with E-state index < -0.39 is 29.7 Å². The molecule has 52 heavy (non-hydrogen) atoms. The van der Waals surface area contributed by atoms with Crippen LogP contribution in [-0.2, 0) is 52.3 Å². The van der Waals surface area contributed by atoms with Gasteiger partial charge in [0.25, 0.3) is 11.8 Å². The van der Waals surface area contributed by atoms with Crippen LogP contribution in [0.3, 0.4) is 0 Å². The number of unbranched alkanes of at least 4 members (excludes halogenated alkanes) is 3. The Morgan fingerprint density at radius 1 is 0.712 bits per heavy atom. The Kier molecular flexibility index (Phi) is 21.7. The zero-order chi connectivity index (χ0) is 37.2. The predicted octanol–water partition coefficient (Wildman–Crippen LogP) is 2.13. The van der Waals surface area contributed by atoms with Crippen molar-refractivity contribution < 1.29 is 61.9 Å². The number of anilines is 1. The molecule has 2 heterocycles. The molecule has 0 aromatic heterocycles. The van der Waals surface area contributed by atoms with Crippen LogP contribution in [0.4, 0.5) is 5.69 Å². The smallest absolute Gasteiger partial charge is 0.305 e. The number of esters is 1. The van der Waals surface area contributed by atoms with Gasteiger partial charge in [-0.15, -0.1) is 0 Å². The molecule has 0 radical (unpaired) electrons. The van der Waals surface area contributed by atoms with Crippen molar-refractivity contribution in [2.75, 3.05) is 111 Å². The largest absolute Gasteiger partial charge is 0.463 e. The van der Waals surface area contributed by atoms with Crippen LogP contribution < -0.4 is 10.6 Å². The standard InChI is InChI=1S/C36H55N3O13/c1-2-3-4-5-9-32(41)52-27-26-51-25-24-50-23-22-49-21-20-48-19-18-47-17-16-46-15-14-45-13-12-37-29-8-6-7-28-33(29)36(44)39(35(28)43)30-10-11-31(40)38-34(30)42/h6-8,30,37H,2-5,9-27H2,1H3,(H,38,40,42). The fourth-order valence-electron chi connectivity index (χ4n) is 5.32. The SMILES string of the molecule is CCCCCCC(=O)OCCOCCOCCOCCOCCOCCOCCOCCNc1cccc2c1C(=O)N(C1CCC(=O)NC1=O)C2=O. The highest BCUT2D eigenvalue weighted by Gasteiger charge is 2.45. The van der Waals surface area contributed by atoms with Gasteiger partial charge in [0.1, 0.15) is 12.6 Å². The summed E-state index contributed by atoms with van der Waals surface area (Å²) in [4.78, 5) is 62.4. The molecular formula is C36H55N3O13. The number of imide groups is 2. The average molecular weight is 738 g/mol. The molecule has 292 valence electrons. The Morgan fingerprint density at radius 2 is 1.25 bits per heavy atom. The Bertz CT molecular complexity index is 1250. The minimum atomic E-state index is -1.01. The molecule has 2 N–H and O–H groups in total. The summed E-state index contributed by atoms with van der Waals surface area (Å²) in [7, 11) is 0. The van der Waals surface area contributed by atoms with E-state index in [1.165, 1.54) is 0 Å². The quantitative estimate of drug-likeness (QED) is 0.0641. The number of rotatable bonds is 31. The van der Waals surface area contributed by atoms with Gasteiger partial charge in [-0.05, 0) is 25.0 Å². The minimum Gasteiger partial charge on any atom is -0.463 e. The Morgan fingerprint density at radius 3 is 1.79 bits per heavy atom. The number of benzene rings is 1. The number of hydrogen-bond acceptors (Lipinski definition) is 14. The third-order valence-electron chi connectivity index (χ3n) is 7.99. The summed E-state index contributed by atoms with van der Waals surface area (Å²) in [6, 6.07) is 3.90. The predicted molar refractivity (Wildman–Crippen MR) is 187 cm³/mol. The summed E-state index contributed by atoms with van der Waals surface area (Å²) in [5.41, 5.74) is 0.903. The maximum Gasteiger partial charge on any atom is 0.305 e. The molecule has 0 spiro atoms. The second kappa shape index (κ2) is 26.3. The lowest BCUT2D eigenvalue weighted by molar-refractivity contribution is -0.145. The van der Waals surface area contributed by atoms with Crippen LogP contribution in [-0.4, -0.2) is 146 Å². The molecule has 1 saturated heterocycles. The molecule has 2 aliphatic rings. The Hall–Kier alpha value is -3.51. The highest BCUT2D eigenvalue weighted by Crippen LogP contribution is 2.32. The second-order valence-corrected chi connectivity index (χ2v) is 11.9. The second-order valence-electron chi connectivity index (χ2n) is 11.9. The summed E-state index contributed by atoms with van der Waals surface area (Å²) in [5, 5.41) is 5.32. The van der Waals surface area contributed by atoms with Crippen LogP contribution in [0.1, 0.15) is 72.6 Å². The van der Waals surface area contributed by atoms with E-state index in [9.17, 15) is 24.0 Å². The first-order valence-corrected chi connectivity index (χ1v) is 18.2. The number of ether oxygens (including phenoxy) is 8. The number of nitrogens with zero attached hydrogens (tertiary/aromatic N) is 1. The molecule has 0 bridgehead atoms. The van der Waals surface area contributed by atoms with Crippen molar-refractivity contribution in [1.29, 1.82) is 0 Å². The van der Waals surface area contributed by atoms with Gasteiger partial charge in [0.05, 0.1) is 104 Å².